The van der Waals surface area contributed by atoms with Crippen LogP contribution in [0.5, 0.6) is 0 Å². The van der Waals surface area contributed by atoms with E-state index in [2.05, 4.69) is 19.2 Å². The van der Waals surface area contributed by atoms with Crippen LogP contribution in [0.3, 0.4) is 0 Å². The van der Waals surface area contributed by atoms with E-state index in [1.54, 1.807) is 6.92 Å². The molecule has 0 atom stereocenters. The van der Waals surface area contributed by atoms with E-state index in [1.165, 1.54) is 11.3 Å². The molecule has 0 spiro atoms. The van der Waals surface area contributed by atoms with Crippen LogP contribution in [0.4, 0.5) is 5.00 Å². The van der Waals surface area contributed by atoms with Gasteiger partial charge in [0.2, 0.25) is 0 Å². The highest BCUT2D eigenvalue weighted by Crippen LogP contribution is 2.33. The third-order valence-corrected chi connectivity index (χ3v) is 4.62. The van der Waals surface area contributed by atoms with Gasteiger partial charge >= 0.3 is 5.97 Å². The lowest BCUT2D eigenvalue weighted by molar-refractivity contribution is 0.0527. The number of thiocarbonyl (C=S) groups is 1. The lowest BCUT2D eigenvalue weighted by Gasteiger charge is -2.22. The maximum Gasteiger partial charge on any atom is 0.341 e. The van der Waals surface area contributed by atoms with E-state index >= 15 is 0 Å². The molecule has 0 amide bonds. The smallest absolute Gasteiger partial charge is 0.341 e. The molecule has 0 aromatic carbocycles. The number of ether oxygens (including phenoxy) is 1. The van der Waals surface area contributed by atoms with E-state index in [9.17, 15) is 4.79 Å². The molecule has 6 heteroatoms. The van der Waals surface area contributed by atoms with E-state index in [0.29, 0.717) is 17.3 Å². The number of hydrogen-bond donors (Lipinski definition) is 1. The minimum absolute atomic E-state index is 0.292. The first-order valence-corrected chi connectivity index (χ1v) is 8.01. The summed E-state index contributed by atoms with van der Waals surface area (Å²) in [4.78, 5) is 15.2. The van der Waals surface area contributed by atoms with Crippen LogP contribution >= 0.6 is 23.6 Å². The van der Waals surface area contributed by atoms with Crippen molar-refractivity contribution in [1.82, 2.24) is 4.90 Å². The molecule has 112 valence electrons. The third kappa shape index (κ3) is 3.70. The van der Waals surface area contributed by atoms with Crippen molar-refractivity contribution in [3.05, 3.63) is 16.0 Å². The minimum Gasteiger partial charge on any atom is -0.462 e. The highest BCUT2D eigenvalue weighted by molar-refractivity contribution is 7.80. The van der Waals surface area contributed by atoms with Crippen molar-refractivity contribution in [2.45, 2.75) is 34.6 Å². The summed E-state index contributed by atoms with van der Waals surface area (Å²) < 4.78 is 5.13. The van der Waals surface area contributed by atoms with Crippen LogP contribution < -0.4 is 5.32 Å². The Bertz CT molecular complexity index is 494. The summed E-state index contributed by atoms with van der Waals surface area (Å²) in [6, 6.07) is 0. The summed E-state index contributed by atoms with van der Waals surface area (Å²) in [5.41, 5.74) is 1.56. The number of esters is 1. The molecule has 0 unspecified atom stereocenters. The van der Waals surface area contributed by atoms with Gasteiger partial charge in [0.15, 0.2) is 5.11 Å². The second-order valence-electron chi connectivity index (χ2n) is 4.31. The van der Waals surface area contributed by atoms with Crippen molar-refractivity contribution in [2.24, 2.45) is 0 Å². The van der Waals surface area contributed by atoms with Gasteiger partial charge in [0.05, 0.1) is 12.2 Å². The Labute approximate surface area is 130 Å². The Balaban J connectivity index is 3.03. The quantitative estimate of drug-likeness (QED) is 0.664. The van der Waals surface area contributed by atoms with Crippen molar-refractivity contribution < 1.29 is 9.53 Å². The Kier molecular flexibility index (Phi) is 6.42. The summed E-state index contributed by atoms with van der Waals surface area (Å²) in [5.74, 6) is -0.292. The van der Waals surface area contributed by atoms with Crippen molar-refractivity contribution in [3.63, 3.8) is 0 Å². The van der Waals surface area contributed by atoms with E-state index in [4.69, 9.17) is 17.0 Å². The van der Waals surface area contributed by atoms with E-state index in [0.717, 1.165) is 28.5 Å². The van der Waals surface area contributed by atoms with Crippen LogP contribution in [0.15, 0.2) is 0 Å². The van der Waals surface area contributed by atoms with Crippen LogP contribution in [0.25, 0.3) is 0 Å². The zero-order valence-electron chi connectivity index (χ0n) is 12.7. The molecule has 1 aromatic heterocycles. The van der Waals surface area contributed by atoms with E-state index in [-0.39, 0.29) is 5.97 Å². The van der Waals surface area contributed by atoms with Crippen LogP contribution in [0.1, 0.15) is 41.6 Å². The summed E-state index contributed by atoms with van der Waals surface area (Å²) in [6.07, 6.45) is 0. The first-order chi connectivity index (χ1) is 9.46. The van der Waals surface area contributed by atoms with Crippen LogP contribution in [-0.4, -0.2) is 35.7 Å². The molecule has 0 aliphatic heterocycles. The first-order valence-electron chi connectivity index (χ1n) is 6.79. The summed E-state index contributed by atoms with van der Waals surface area (Å²) >= 11 is 6.92. The first kappa shape index (κ1) is 16.9. The van der Waals surface area contributed by atoms with Gasteiger partial charge in [-0.25, -0.2) is 4.79 Å². The van der Waals surface area contributed by atoms with Gasteiger partial charge in [0.1, 0.15) is 5.00 Å². The van der Waals surface area contributed by atoms with Crippen LogP contribution in [0, 0.1) is 13.8 Å². The van der Waals surface area contributed by atoms with Gasteiger partial charge in [-0.3, -0.25) is 0 Å². The number of nitrogens with one attached hydrogen (secondary N) is 1. The molecule has 0 saturated heterocycles. The molecule has 1 N–H and O–H groups in total. The number of hydrogen-bond acceptors (Lipinski definition) is 4. The Morgan fingerprint density at radius 2 is 1.90 bits per heavy atom. The van der Waals surface area contributed by atoms with Crippen molar-refractivity contribution in [3.8, 4) is 0 Å². The van der Waals surface area contributed by atoms with Crippen LogP contribution in [-0.2, 0) is 4.74 Å². The van der Waals surface area contributed by atoms with Crippen molar-refractivity contribution >= 4 is 39.6 Å². The number of nitrogens with zero attached hydrogens (tertiary/aromatic N) is 1. The zero-order chi connectivity index (χ0) is 15.3. The van der Waals surface area contributed by atoms with Gasteiger partial charge in [0.25, 0.3) is 0 Å². The Hall–Kier alpha value is -1.14. The predicted octanol–water partition coefficient (Wildman–Crippen LogP) is 3.58. The molecule has 0 aliphatic rings. The molecular formula is C14H22N2O2S2. The molecule has 0 fully saturated rings. The molecule has 20 heavy (non-hydrogen) atoms. The molecule has 0 bridgehead atoms. The second-order valence-corrected chi connectivity index (χ2v) is 5.92. The molecule has 0 saturated carbocycles. The molecule has 0 aliphatic carbocycles. The fourth-order valence-corrected chi connectivity index (χ4v) is 3.32. The summed E-state index contributed by atoms with van der Waals surface area (Å²) in [5, 5.41) is 4.60. The molecule has 1 rings (SSSR count). The Morgan fingerprint density at radius 3 is 2.40 bits per heavy atom. The number of aryl methyl sites for hydroxylation is 1. The molecule has 1 heterocycles. The van der Waals surface area contributed by atoms with Gasteiger partial charge in [-0.15, -0.1) is 11.3 Å². The van der Waals surface area contributed by atoms with Gasteiger partial charge in [-0.1, -0.05) is 0 Å². The van der Waals surface area contributed by atoms with E-state index in [1.807, 2.05) is 18.7 Å². The fraction of sp³-hybridized carbons (Fsp3) is 0.571. The van der Waals surface area contributed by atoms with Gasteiger partial charge in [0, 0.05) is 18.0 Å². The minimum atomic E-state index is -0.292. The van der Waals surface area contributed by atoms with E-state index < -0.39 is 0 Å². The van der Waals surface area contributed by atoms with Gasteiger partial charge in [-0.05, 0) is 52.4 Å². The highest BCUT2D eigenvalue weighted by Gasteiger charge is 2.21. The monoisotopic (exact) mass is 314 g/mol. The maximum absolute atomic E-state index is 12.1. The third-order valence-electron chi connectivity index (χ3n) is 3.14. The normalized spacial score (nSPS) is 10.2. The van der Waals surface area contributed by atoms with Crippen LogP contribution in [0.2, 0.25) is 0 Å². The largest absolute Gasteiger partial charge is 0.462 e. The Morgan fingerprint density at radius 1 is 1.30 bits per heavy atom. The SMILES string of the molecule is CCOC(=O)c1c(NC(=S)N(CC)CC)sc(C)c1C. The number of anilines is 1. The maximum atomic E-state index is 12.1. The van der Waals surface area contributed by atoms with Gasteiger partial charge < -0.3 is 15.0 Å². The van der Waals surface area contributed by atoms with Crippen molar-refractivity contribution in [2.75, 3.05) is 25.0 Å². The number of rotatable bonds is 5. The second kappa shape index (κ2) is 7.59. The lowest BCUT2D eigenvalue weighted by atomic mass is 10.1. The molecule has 1 aromatic rings. The highest BCUT2D eigenvalue weighted by atomic mass is 32.1. The van der Waals surface area contributed by atoms with Crippen molar-refractivity contribution in [1.29, 1.82) is 0 Å². The molecule has 4 nitrogen and oxygen atoms in total. The van der Waals surface area contributed by atoms with Gasteiger partial charge in [-0.2, -0.15) is 0 Å². The molecular weight excluding hydrogens is 292 g/mol. The lowest BCUT2D eigenvalue weighted by Crippen LogP contribution is -2.34. The average molecular weight is 314 g/mol. The summed E-state index contributed by atoms with van der Waals surface area (Å²) in [6.45, 7) is 11.9. The standard InChI is InChI=1S/C14H22N2O2S2/c1-6-16(7-2)14(19)15-12-11(13(17)18-8-3)9(4)10(5)20-12/h6-8H2,1-5H3,(H,15,19). The number of carbonyl (C=O) groups is 1. The zero-order valence-corrected chi connectivity index (χ0v) is 14.3. The number of thiophene rings is 1. The average Bonchev–Trinajstić information content (AvgIpc) is 2.66. The number of carbonyl (C=O) groups excluding carboxylic acids is 1. The summed E-state index contributed by atoms with van der Waals surface area (Å²) in [7, 11) is 0. The molecule has 0 radical (unpaired) electrons. The fourth-order valence-electron chi connectivity index (χ4n) is 1.85. The topological polar surface area (TPSA) is 41.6 Å². The predicted molar refractivity (Wildman–Crippen MR) is 88.9 cm³/mol.